The van der Waals surface area contributed by atoms with Crippen molar-refractivity contribution in [3.63, 3.8) is 0 Å². The van der Waals surface area contributed by atoms with Crippen molar-refractivity contribution in [2.75, 3.05) is 6.61 Å². The van der Waals surface area contributed by atoms with Crippen molar-refractivity contribution in [1.82, 2.24) is 4.98 Å². The monoisotopic (exact) mass is 272 g/mol. The van der Waals surface area contributed by atoms with Crippen LogP contribution in [0.4, 0.5) is 0 Å². The molecule has 1 aromatic heterocycles. The largest absolute Gasteiger partial charge is 0.494 e. The van der Waals surface area contributed by atoms with E-state index in [9.17, 15) is 0 Å². The highest BCUT2D eigenvalue weighted by Crippen LogP contribution is 2.15. The second kappa shape index (κ2) is 6.95. The van der Waals surface area contributed by atoms with Crippen molar-refractivity contribution in [3.8, 4) is 5.75 Å². The van der Waals surface area contributed by atoms with E-state index in [4.69, 9.17) is 16.3 Å². The number of pyridine rings is 1. The van der Waals surface area contributed by atoms with Gasteiger partial charge >= 0.3 is 0 Å². The van der Waals surface area contributed by atoms with Gasteiger partial charge in [0.15, 0.2) is 0 Å². The van der Waals surface area contributed by atoms with Crippen LogP contribution in [0.25, 0.3) is 6.08 Å². The maximum absolute atomic E-state index is 5.97. The summed E-state index contributed by atoms with van der Waals surface area (Å²) >= 11 is 5.97. The number of aromatic nitrogens is 1. The average molecular weight is 273 g/mol. The maximum atomic E-state index is 5.97. The molecule has 0 atom stereocenters. The van der Waals surface area contributed by atoms with E-state index < -0.39 is 0 Å². The Morgan fingerprint density at radius 1 is 1.32 bits per heavy atom. The zero-order valence-corrected chi connectivity index (χ0v) is 11.5. The Balaban J connectivity index is 1.97. The van der Waals surface area contributed by atoms with E-state index in [1.165, 1.54) is 0 Å². The number of allylic oxidation sites excluding steroid dienone is 1. The van der Waals surface area contributed by atoms with E-state index >= 15 is 0 Å². The number of hydrogen-bond donors (Lipinski definition) is 0. The molecule has 1 heterocycles. The van der Waals surface area contributed by atoms with Crippen LogP contribution in [0.2, 0.25) is 5.15 Å². The molecule has 0 N–H and O–H groups in total. The number of benzene rings is 1. The van der Waals surface area contributed by atoms with Crippen molar-refractivity contribution in [2.45, 2.75) is 13.3 Å². The second-order valence-corrected chi connectivity index (χ2v) is 4.33. The molecular weight excluding hydrogens is 258 g/mol. The summed E-state index contributed by atoms with van der Waals surface area (Å²) in [4.78, 5) is 4.02. The van der Waals surface area contributed by atoms with Crippen molar-refractivity contribution in [2.24, 2.45) is 0 Å². The van der Waals surface area contributed by atoms with E-state index in [0.717, 1.165) is 23.3 Å². The molecule has 0 aliphatic rings. The number of nitrogens with zero attached hydrogens (tertiary/aromatic N) is 1. The smallest absolute Gasteiger partial charge is 0.133 e. The normalized spacial score (nSPS) is 10.8. The van der Waals surface area contributed by atoms with Crippen LogP contribution in [-0.2, 0) is 6.42 Å². The molecule has 1 aromatic carbocycles. The Morgan fingerprint density at radius 2 is 2.11 bits per heavy atom. The van der Waals surface area contributed by atoms with Gasteiger partial charge < -0.3 is 4.74 Å². The van der Waals surface area contributed by atoms with E-state index in [-0.39, 0.29) is 0 Å². The van der Waals surface area contributed by atoms with Gasteiger partial charge in [0.05, 0.1) is 6.61 Å². The average Bonchev–Trinajstić information content (AvgIpc) is 2.43. The van der Waals surface area contributed by atoms with Gasteiger partial charge in [-0.15, -0.1) is 0 Å². The predicted octanol–water partition coefficient (Wildman–Crippen LogP) is 4.19. The molecule has 2 rings (SSSR count). The van der Waals surface area contributed by atoms with Crippen LogP contribution in [0.1, 0.15) is 18.1 Å². The Labute approximate surface area is 118 Å². The molecule has 19 heavy (non-hydrogen) atoms. The first-order chi connectivity index (χ1) is 9.29. The molecule has 0 aliphatic carbocycles. The molecule has 0 fully saturated rings. The van der Waals surface area contributed by atoms with Crippen LogP contribution < -0.4 is 4.74 Å². The van der Waals surface area contributed by atoms with Gasteiger partial charge in [-0.3, -0.25) is 0 Å². The molecule has 1 radical (unpaired) electrons. The number of halogens is 1. The summed E-state index contributed by atoms with van der Waals surface area (Å²) in [5.41, 5.74) is 2.04. The van der Waals surface area contributed by atoms with E-state index in [2.05, 4.69) is 17.1 Å². The summed E-state index contributed by atoms with van der Waals surface area (Å²) in [6.07, 6.45) is 6.46. The van der Waals surface area contributed by atoms with E-state index in [0.29, 0.717) is 11.8 Å². The molecule has 0 bridgehead atoms. The molecule has 0 amide bonds. The zero-order valence-electron chi connectivity index (χ0n) is 10.8. The zero-order chi connectivity index (χ0) is 13.5. The van der Waals surface area contributed by atoms with Crippen LogP contribution in [0, 0.1) is 6.07 Å². The summed E-state index contributed by atoms with van der Waals surface area (Å²) in [5, 5.41) is 0.513. The Bertz CT molecular complexity index is 549. The van der Waals surface area contributed by atoms with Gasteiger partial charge in [-0.25, -0.2) is 4.98 Å². The van der Waals surface area contributed by atoms with Gasteiger partial charge in [0.25, 0.3) is 0 Å². The highest BCUT2D eigenvalue weighted by molar-refractivity contribution is 6.30. The fraction of sp³-hybridized carbons (Fsp3) is 0.188. The van der Waals surface area contributed by atoms with Gasteiger partial charge in [-0.2, -0.15) is 0 Å². The molecule has 3 heteroatoms. The third-order valence-electron chi connectivity index (χ3n) is 2.59. The summed E-state index contributed by atoms with van der Waals surface area (Å²) in [6, 6.07) is 12.8. The summed E-state index contributed by atoms with van der Waals surface area (Å²) < 4.78 is 5.40. The van der Waals surface area contributed by atoms with E-state index in [1.807, 2.05) is 37.3 Å². The molecule has 0 spiro atoms. The van der Waals surface area contributed by atoms with Gasteiger partial charge in [-0.1, -0.05) is 35.9 Å². The lowest BCUT2D eigenvalue weighted by Crippen LogP contribution is -1.90. The Kier molecular flexibility index (Phi) is 4.99. The molecule has 97 valence electrons. The number of hydrogen-bond acceptors (Lipinski definition) is 2. The van der Waals surface area contributed by atoms with Crippen molar-refractivity contribution in [1.29, 1.82) is 0 Å². The summed E-state index contributed by atoms with van der Waals surface area (Å²) in [6.45, 7) is 2.66. The topological polar surface area (TPSA) is 22.1 Å². The SMILES string of the molecule is CCOc1ccc(C=CCc2[c]ccnc2Cl)cc1. The van der Waals surface area contributed by atoms with E-state index in [1.54, 1.807) is 12.3 Å². The first kappa shape index (κ1) is 13.6. The van der Waals surface area contributed by atoms with Crippen LogP contribution in [0.3, 0.4) is 0 Å². The molecule has 0 aliphatic heterocycles. The predicted molar refractivity (Wildman–Crippen MR) is 78.4 cm³/mol. The van der Waals surface area contributed by atoms with Gasteiger partial charge in [0.2, 0.25) is 0 Å². The Hall–Kier alpha value is -1.80. The van der Waals surface area contributed by atoms with Crippen LogP contribution in [0.15, 0.2) is 42.6 Å². The van der Waals surface area contributed by atoms with Gasteiger partial charge in [-0.05, 0) is 43.2 Å². The van der Waals surface area contributed by atoms with Crippen molar-refractivity contribution >= 4 is 17.7 Å². The number of ether oxygens (including phenoxy) is 1. The lowest BCUT2D eigenvalue weighted by atomic mass is 10.1. The lowest BCUT2D eigenvalue weighted by Gasteiger charge is -2.02. The molecular formula is C16H15ClNO. The number of rotatable bonds is 5. The summed E-state index contributed by atoms with van der Waals surface area (Å²) in [7, 11) is 0. The van der Waals surface area contributed by atoms with Gasteiger partial charge in [0, 0.05) is 11.8 Å². The molecule has 0 saturated heterocycles. The third kappa shape index (κ3) is 4.11. The van der Waals surface area contributed by atoms with Crippen LogP contribution in [-0.4, -0.2) is 11.6 Å². The Morgan fingerprint density at radius 3 is 2.79 bits per heavy atom. The highest BCUT2D eigenvalue weighted by Gasteiger charge is 1.97. The first-order valence-corrected chi connectivity index (χ1v) is 6.58. The molecule has 2 aromatic rings. The van der Waals surface area contributed by atoms with Gasteiger partial charge in [0.1, 0.15) is 10.9 Å². The van der Waals surface area contributed by atoms with Crippen LogP contribution >= 0.6 is 11.6 Å². The fourth-order valence-electron chi connectivity index (χ4n) is 1.68. The minimum Gasteiger partial charge on any atom is -0.494 e. The lowest BCUT2D eigenvalue weighted by molar-refractivity contribution is 0.340. The standard InChI is InChI=1S/C16H15ClNO/c1-2-19-15-10-8-13(9-11-15)5-3-6-14-7-4-12-18-16(14)17/h3-5,8-12H,2,6H2,1H3. The second-order valence-electron chi connectivity index (χ2n) is 3.97. The molecule has 0 saturated carbocycles. The van der Waals surface area contributed by atoms with Crippen LogP contribution in [0.5, 0.6) is 5.75 Å². The minimum atomic E-state index is 0.513. The van der Waals surface area contributed by atoms with Crippen molar-refractivity contribution in [3.05, 3.63) is 65.0 Å². The summed E-state index contributed by atoms with van der Waals surface area (Å²) in [5.74, 6) is 0.892. The maximum Gasteiger partial charge on any atom is 0.133 e. The fourth-order valence-corrected chi connectivity index (χ4v) is 1.86. The van der Waals surface area contributed by atoms with Crippen molar-refractivity contribution < 1.29 is 4.74 Å². The minimum absolute atomic E-state index is 0.513. The third-order valence-corrected chi connectivity index (χ3v) is 2.92. The first-order valence-electron chi connectivity index (χ1n) is 6.20. The molecule has 0 unspecified atom stereocenters. The quantitative estimate of drug-likeness (QED) is 0.762. The molecule has 2 nitrogen and oxygen atoms in total. The highest BCUT2D eigenvalue weighted by atomic mass is 35.5.